The van der Waals surface area contributed by atoms with Crippen LogP contribution in [0.1, 0.15) is 51.0 Å². The number of amides is 3. The molecule has 6 rings (SSSR count). The standard InChI is InChI=1S/C22H25BrN2O3/c1-21(16-3-2-4-17(23)8-16)19(27)25(20(28)24-21)12-18(26)22-9-13-5-14(10-22)7-15(6-13)11-22/h2-4,8,13-15H,5-7,9-12H2,1H3,(H,24,28). The van der Waals surface area contributed by atoms with Crippen LogP contribution in [0, 0.1) is 23.2 Å². The molecule has 5 fully saturated rings. The number of nitrogens with zero attached hydrogens (tertiary/aromatic N) is 1. The van der Waals surface area contributed by atoms with Gasteiger partial charge in [-0.05, 0) is 80.9 Å². The molecule has 1 N–H and O–H groups in total. The summed E-state index contributed by atoms with van der Waals surface area (Å²) in [6.45, 7) is 1.62. The highest BCUT2D eigenvalue weighted by atomic mass is 79.9. The molecule has 1 atom stereocenters. The lowest BCUT2D eigenvalue weighted by atomic mass is 9.48. The van der Waals surface area contributed by atoms with Gasteiger partial charge >= 0.3 is 6.03 Å². The number of nitrogens with one attached hydrogen (secondary N) is 1. The largest absolute Gasteiger partial charge is 0.325 e. The lowest BCUT2D eigenvalue weighted by Gasteiger charge is -2.56. The molecule has 4 aliphatic carbocycles. The smallest absolute Gasteiger partial charge is 0.319 e. The van der Waals surface area contributed by atoms with Gasteiger partial charge < -0.3 is 5.32 Å². The molecule has 1 saturated heterocycles. The fourth-order valence-electron chi connectivity index (χ4n) is 6.60. The number of imide groups is 1. The van der Waals surface area contributed by atoms with Gasteiger partial charge in [-0.3, -0.25) is 14.5 Å². The monoisotopic (exact) mass is 444 g/mol. The molecule has 4 bridgehead atoms. The Labute approximate surface area is 173 Å². The molecule has 1 aromatic rings. The number of ketones is 1. The van der Waals surface area contributed by atoms with Crippen LogP contribution < -0.4 is 5.32 Å². The summed E-state index contributed by atoms with van der Waals surface area (Å²) in [5.74, 6) is 1.72. The van der Waals surface area contributed by atoms with Gasteiger partial charge in [-0.1, -0.05) is 28.1 Å². The van der Waals surface area contributed by atoms with Crippen molar-refractivity contribution in [2.75, 3.05) is 6.54 Å². The summed E-state index contributed by atoms with van der Waals surface area (Å²) < 4.78 is 0.844. The van der Waals surface area contributed by atoms with E-state index < -0.39 is 11.6 Å². The SMILES string of the molecule is CC1(c2cccc(Br)c2)NC(=O)N(CC(=O)C23CC4CC(CC(C4)C2)C3)C1=O. The second-order valence-corrected chi connectivity index (χ2v) is 10.5. The topological polar surface area (TPSA) is 66.5 Å². The van der Waals surface area contributed by atoms with Gasteiger partial charge in [0.15, 0.2) is 5.78 Å². The van der Waals surface area contributed by atoms with E-state index in [1.165, 1.54) is 19.3 Å². The summed E-state index contributed by atoms with van der Waals surface area (Å²) in [7, 11) is 0. The van der Waals surface area contributed by atoms with E-state index >= 15 is 0 Å². The van der Waals surface area contributed by atoms with Crippen molar-refractivity contribution in [1.29, 1.82) is 0 Å². The van der Waals surface area contributed by atoms with E-state index in [9.17, 15) is 14.4 Å². The van der Waals surface area contributed by atoms with Crippen molar-refractivity contribution in [3.8, 4) is 0 Å². The molecule has 1 aliphatic heterocycles. The predicted molar refractivity (Wildman–Crippen MR) is 107 cm³/mol. The van der Waals surface area contributed by atoms with Crippen LogP contribution in [-0.2, 0) is 15.1 Å². The lowest BCUT2D eigenvalue weighted by molar-refractivity contribution is -0.147. The maximum atomic E-state index is 13.4. The van der Waals surface area contributed by atoms with Crippen molar-refractivity contribution in [3.05, 3.63) is 34.3 Å². The third kappa shape index (κ3) is 2.67. The van der Waals surface area contributed by atoms with Gasteiger partial charge in [-0.25, -0.2) is 4.79 Å². The van der Waals surface area contributed by atoms with Crippen molar-refractivity contribution < 1.29 is 14.4 Å². The normalized spacial score (nSPS) is 38.8. The average molecular weight is 445 g/mol. The lowest BCUT2D eigenvalue weighted by Crippen LogP contribution is -2.53. The van der Waals surface area contributed by atoms with E-state index in [0.29, 0.717) is 23.3 Å². The number of hydrogen-bond donors (Lipinski definition) is 1. The molecule has 0 spiro atoms. The highest BCUT2D eigenvalue weighted by molar-refractivity contribution is 9.10. The maximum absolute atomic E-state index is 13.4. The molecular formula is C22H25BrN2O3. The zero-order valence-electron chi connectivity index (χ0n) is 16.0. The zero-order valence-corrected chi connectivity index (χ0v) is 17.6. The first-order chi connectivity index (χ1) is 13.3. The van der Waals surface area contributed by atoms with E-state index in [0.717, 1.165) is 28.6 Å². The molecule has 28 heavy (non-hydrogen) atoms. The van der Waals surface area contributed by atoms with Crippen LogP contribution in [0.25, 0.3) is 0 Å². The van der Waals surface area contributed by atoms with Crippen LogP contribution in [0.2, 0.25) is 0 Å². The van der Waals surface area contributed by atoms with Gasteiger partial charge in [0.2, 0.25) is 0 Å². The molecule has 148 valence electrons. The van der Waals surface area contributed by atoms with E-state index in [4.69, 9.17) is 0 Å². The van der Waals surface area contributed by atoms with Crippen molar-refractivity contribution in [1.82, 2.24) is 10.2 Å². The van der Waals surface area contributed by atoms with Crippen LogP contribution in [0.4, 0.5) is 4.79 Å². The molecule has 5 nitrogen and oxygen atoms in total. The second-order valence-electron chi connectivity index (χ2n) is 9.58. The number of urea groups is 1. The van der Waals surface area contributed by atoms with Gasteiger partial charge in [0.25, 0.3) is 5.91 Å². The minimum absolute atomic E-state index is 0.0913. The Morgan fingerprint density at radius 3 is 2.32 bits per heavy atom. The maximum Gasteiger partial charge on any atom is 0.325 e. The van der Waals surface area contributed by atoms with Gasteiger partial charge in [-0.2, -0.15) is 0 Å². The number of halogens is 1. The predicted octanol–water partition coefficient (Wildman–Crippen LogP) is 4.00. The Morgan fingerprint density at radius 2 is 1.75 bits per heavy atom. The highest BCUT2D eigenvalue weighted by Gasteiger charge is 2.56. The molecule has 1 heterocycles. The summed E-state index contributed by atoms with van der Waals surface area (Å²) in [5, 5.41) is 2.82. The molecule has 0 aromatic heterocycles. The van der Waals surface area contributed by atoms with Gasteiger partial charge in [0, 0.05) is 9.89 Å². The molecule has 4 saturated carbocycles. The second kappa shape index (κ2) is 6.15. The number of carbonyl (C=O) groups is 3. The van der Waals surface area contributed by atoms with Gasteiger partial charge in [0.1, 0.15) is 5.54 Å². The van der Waals surface area contributed by atoms with Crippen LogP contribution in [-0.4, -0.2) is 29.2 Å². The first-order valence-corrected chi connectivity index (χ1v) is 11.0. The van der Waals surface area contributed by atoms with E-state index in [-0.39, 0.29) is 23.7 Å². The molecule has 0 radical (unpaired) electrons. The van der Waals surface area contributed by atoms with Crippen molar-refractivity contribution in [3.63, 3.8) is 0 Å². The third-order valence-electron chi connectivity index (χ3n) is 7.61. The Balaban J connectivity index is 1.38. The van der Waals surface area contributed by atoms with E-state index in [1.54, 1.807) is 6.92 Å². The first-order valence-electron chi connectivity index (χ1n) is 10.2. The molecule has 1 unspecified atom stereocenters. The molecular weight excluding hydrogens is 420 g/mol. The van der Waals surface area contributed by atoms with Crippen LogP contribution in [0.3, 0.4) is 0 Å². The Hall–Kier alpha value is -1.69. The summed E-state index contributed by atoms with van der Waals surface area (Å²) in [4.78, 5) is 40.3. The Morgan fingerprint density at radius 1 is 1.14 bits per heavy atom. The molecule has 3 amide bonds. The number of Topliss-reactive ketones (excluding diaryl/α,β-unsaturated/α-hetero) is 1. The summed E-state index contributed by atoms with van der Waals surface area (Å²) in [6, 6.07) is 6.91. The molecule has 5 aliphatic rings. The van der Waals surface area contributed by atoms with Crippen molar-refractivity contribution >= 4 is 33.7 Å². The summed E-state index contributed by atoms with van der Waals surface area (Å²) in [6.07, 6.45) is 6.63. The number of hydrogen-bond acceptors (Lipinski definition) is 3. The highest BCUT2D eigenvalue weighted by Crippen LogP contribution is 2.60. The van der Waals surface area contributed by atoms with E-state index in [2.05, 4.69) is 21.2 Å². The zero-order chi connectivity index (χ0) is 19.7. The van der Waals surface area contributed by atoms with Crippen LogP contribution >= 0.6 is 15.9 Å². The fourth-order valence-corrected chi connectivity index (χ4v) is 7.00. The number of benzene rings is 1. The van der Waals surface area contributed by atoms with Gasteiger partial charge in [-0.15, -0.1) is 0 Å². The minimum atomic E-state index is -1.14. The Bertz CT molecular complexity index is 847. The summed E-state index contributed by atoms with van der Waals surface area (Å²) >= 11 is 3.42. The van der Waals surface area contributed by atoms with E-state index in [1.807, 2.05) is 24.3 Å². The average Bonchev–Trinajstić information content (AvgIpc) is 2.85. The fraction of sp³-hybridized carbons (Fsp3) is 0.591. The number of carbonyl (C=O) groups excluding carboxylic acids is 3. The Kier molecular flexibility index (Phi) is 4.03. The minimum Gasteiger partial charge on any atom is -0.319 e. The molecule has 1 aromatic carbocycles. The number of rotatable bonds is 4. The molecule has 6 heteroatoms. The van der Waals surface area contributed by atoms with Crippen molar-refractivity contribution in [2.24, 2.45) is 23.2 Å². The van der Waals surface area contributed by atoms with Crippen LogP contribution in [0.5, 0.6) is 0 Å². The quantitative estimate of drug-likeness (QED) is 0.713. The summed E-state index contributed by atoms with van der Waals surface area (Å²) in [5.41, 5.74) is -0.725. The van der Waals surface area contributed by atoms with Gasteiger partial charge in [0.05, 0.1) is 6.54 Å². The third-order valence-corrected chi connectivity index (χ3v) is 8.10. The van der Waals surface area contributed by atoms with Crippen molar-refractivity contribution in [2.45, 2.75) is 51.0 Å². The first kappa shape index (κ1) is 18.3. The van der Waals surface area contributed by atoms with Crippen LogP contribution in [0.15, 0.2) is 28.7 Å².